The number of aromatic amines is 1. The Morgan fingerprint density at radius 1 is 1.26 bits per heavy atom. The van der Waals surface area contributed by atoms with Gasteiger partial charge in [-0.25, -0.2) is 0 Å². The van der Waals surface area contributed by atoms with E-state index in [0.29, 0.717) is 11.5 Å². The number of nitrogens with two attached hydrogens (primary N) is 1. The number of aromatic nitrogens is 2. The summed E-state index contributed by atoms with van der Waals surface area (Å²) in [5.41, 5.74) is 10.0. The van der Waals surface area contributed by atoms with Crippen LogP contribution in [0.2, 0.25) is 0 Å². The molecule has 1 aromatic carbocycles. The average molecular weight is 320 g/mol. The van der Waals surface area contributed by atoms with Crippen LogP contribution in [0.4, 0.5) is 0 Å². The molecule has 1 aliphatic heterocycles. The number of nitriles is 1. The van der Waals surface area contributed by atoms with Crippen molar-refractivity contribution in [2.45, 2.75) is 5.92 Å². The van der Waals surface area contributed by atoms with Crippen molar-refractivity contribution in [2.24, 2.45) is 5.73 Å². The van der Waals surface area contributed by atoms with E-state index >= 15 is 0 Å². The van der Waals surface area contributed by atoms with Crippen LogP contribution < -0.4 is 10.5 Å². The van der Waals surface area contributed by atoms with E-state index in [1.807, 2.05) is 47.2 Å². The van der Waals surface area contributed by atoms with Crippen LogP contribution in [0.25, 0.3) is 11.3 Å². The molecule has 4 rings (SSSR count). The van der Waals surface area contributed by atoms with Crippen molar-refractivity contribution in [1.29, 1.82) is 5.26 Å². The normalized spacial score (nSPS) is 16.6. The second kappa shape index (κ2) is 5.30. The summed E-state index contributed by atoms with van der Waals surface area (Å²) in [4.78, 5) is 0. The van der Waals surface area contributed by atoms with Gasteiger partial charge in [0.2, 0.25) is 11.8 Å². The quantitative estimate of drug-likeness (QED) is 0.758. The summed E-state index contributed by atoms with van der Waals surface area (Å²) in [5, 5.41) is 20.8. The van der Waals surface area contributed by atoms with E-state index < -0.39 is 0 Å². The first-order chi connectivity index (χ1) is 11.3. The Kier molecular flexibility index (Phi) is 3.14. The molecule has 2 aromatic heterocycles. The van der Waals surface area contributed by atoms with Crippen LogP contribution in [0.15, 0.2) is 58.6 Å². The molecule has 3 heterocycles. The number of allylic oxidation sites excluding steroid dienone is 1. The number of nitrogens with one attached hydrogen (secondary N) is 1. The molecule has 1 atom stereocenters. The van der Waals surface area contributed by atoms with Crippen molar-refractivity contribution in [3.8, 4) is 23.2 Å². The number of fused-ring (bicyclic) bond motifs is 1. The Labute approximate surface area is 136 Å². The molecule has 0 amide bonds. The zero-order valence-electron chi connectivity index (χ0n) is 12.0. The molecule has 3 aromatic rings. The lowest BCUT2D eigenvalue weighted by Gasteiger charge is -2.23. The zero-order chi connectivity index (χ0) is 15.8. The molecular formula is C17H12N4OS. The predicted octanol–water partition coefficient (Wildman–Crippen LogP) is 3.36. The van der Waals surface area contributed by atoms with Gasteiger partial charge in [-0.15, -0.1) is 5.10 Å². The average Bonchev–Trinajstić information content (AvgIpc) is 3.24. The van der Waals surface area contributed by atoms with Gasteiger partial charge >= 0.3 is 0 Å². The van der Waals surface area contributed by atoms with Gasteiger partial charge < -0.3 is 10.5 Å². The van der Waals surface area contributed by atoms with Crippen LogP contribution in [0.1, 0.15) is 17.0 Å². The standard InChI is InChI=1S/C17H12N4OS/c18-8-12-13(11-6-7-23-9-11)14-15(10-4-2-1-3-5-10)20-21-17(14)22-16(12)19/h1-7,9,13H,19H2,(H,20,21)/t13-/m1/s1. The summed E-state index contributed by atoms with van der Waals surface area (Å²) in [6.45, 7) is 0. The number of nitrogens with zero attached hydrogens (tertiary/aromatic N) is 2. The summed E-state index contributed by atoms with van der Waals surface area (Å²) in [7, 11) is 0. The number of rotatable bonds is 2. The lowest BCUT2D eigenvalue weighted by Crippen LogP contribution is -2.20. The Hall–Kier alpha value is -3.04. The molecule has 3 N–H and O–H groups in total. The molecule has 0 saturated heterocycles. The van der Waals surface area contributed by atoms with E-state index in [-0.39, 0.29) is 11.8 Å². The van der Waals surface area contributed by atoms with Crippen LogP contribution >= 0.6 is 11.3 Å². The number of hydrogen-bond donors (Lipinski definition) is 2. The van der Waals surface area contributed by atoms with E-state index in [2.05, 4.69) is 16.3 Å². The molecule has 6 heteroatoms. The van der Waals surface area contributed by atoms with Gasteiger partial charge in [0.1, 0.15) is 11.6 Å². The number of H-pyrrole nitrogens is 1. The maximum absolute atomic E-state index is 9.56. The maximum Gasteiger partial charge on any atom is 0.244 e. The topological polar surface area (TPSA) is 87.7 Å². The van der Waals surface area contributed by atoms with Crippen LogP contribution in [-0.4, -0.2) is 10.2 Å². The second-order valence-corrected chi connectivity index (χ2v) is 5.94. The van der Waals surface area contributed by atoms with E-state index in [9.17, 15) is 5.26 Å². The molecule has 0 radical (unpaired) electrons. The third-order valence-corrected chi connectivity index (χ3v) is 4.58. The molecule has 0 unspecified atom stereocenters. The molecular weight excluding hydrogens is 308 g/mol. The zero-order valence-corrected chi connectivity index (χ0v) is 12.8. The fourth-order valence-electron chi connectivity index (χ4n) is 2.84. The van der Waals surface area contributed by atoms with Crippen molar-refractivity contribution >= 4 is 11.3 Å². The summed E-state index contributed by atoms with van der Waals surface area (Å²) in [5.74, 6) is 0.267. The molecule has 0 bridgehead atoms. The summed E-state index contributed by atoms with van der Waals surface area (Å²) < 4.78 is 5.56. The van der Waals surface area contributed by atoms with Gasteiger partial charge in [0.05, 0.1) is 17.2 Å². The lowest BCUT2D eigenvalue weighted by atomic mass is 9.84. The van der Waals surface area contributed by atoms with Gasteiger partial charge in [-0.2, -0.15) is 16.6 Å². The Morgan fingerprint density at radius 3 is 2.78 bits per heavy atom. The minimum Gasteiger partial charge on any atom is -0.420 e. The second-order valence-electron chi connectivity index (χ2n) is 5.16. The summed E-state index contributed by atoms with van der Waals surface area (Å²) >= 11 is 1.58. The molecule has 0 aliphatic carbocycles. The lowest BCUT2D eigenvalue weighted by molar-refractivity contribution is 0.379. The van der Waals surface area contributed by atoms with Gasteiger partial charge in [-0.05, 0) is 28.0 Å². The third kappa shape index (κ3) is 2.10. The molecule has 23 heavy (non-hydrogen) atoms. The van der Waals surface area contributed by atoms with Crippen LogP contribution in [0.3, 0.4) is 0 Å². The van der Waals surface area contributed by atoms with Crippen molar-refractivity contribution in [2.75, 3.05) is 0 Å². The Bertz CT molecular complexity index is 919. The van der Waals surface area contributed by atoms with E-state index in [1.165, 1.54) is 0 Å². The van der Waals surface area contributed by atoms with Crippen molar-refractivity contribution < 1.29 is 4.74 Å². The fourth-order valence-corrected chi connectivity index (χ4v) is 3.53. The number of benzene rings is 1. The van der Waals surface area contributed by atoms with E-state index in [1.54, 1.807) is 11.3 Å². The van der Waals surface area contributed by atoms with Gasteiger partial charge in [0.15, 0.2) is 0 Å². The Morgan fingerprint density at radius 2 is 2.09 bits per heavy atom. The summed E-state index contributed by atoms with van der Waals surface area (Å²) in [6.07, 6.45) is 0. The number of thiophene rings is 1. The largest absolute Gasteiger partial charge is 0.420 e. The van der Waals surface area contributed by atoms with Crippen molar-refractivity contribution in [3.05, 3.63) is 69.7 Å². The van der Waals surface area contributed by atoms with E-state index in [0.717, 1.165) is 22.4 Å². The van der Waals surface area contributed by atoms with Gasteiger partial charge in [0.25, 0.3) is 0 Å². The molecule has 0 saturated carbocycles. The smallest absolute Gasteiger partial charge is 0.244 e. The molecule has 1 aliphatic rings. The highest BCUT2D eigenvalue weighted by atomic mass is 32.1. The van der Waals surface area contributed by atoms with E-state index in [4.69, 9.17) is 10.5 Å². The highest BCUT2D eigenvalue weighted by molar-refractivity contribution is 7.08. The van der Waals surface area contributed by atoms with Gasteiger partial charge in [-0.3, -0.25) is 5.10 Å². The van der Waals surface area contributed by atoms with Crippen LogP contribution in [-0.2, 0) is 0 Å². The summed E-state index contributed by atoms with van der Waals surface area (Å²) in [6, 6.07) is 14.1. The minimum atomic E-state index is -0.274. The third-order valence-electron chi connectivity index (χ3n) is 3.88. The SMILES string of the molecule is N#CC1=C(N)Oc2n[nH]c(-c3ccccc3)c2[C@@H]1c1ccsc1. The van der Waals surface area contributed by atoms with Crippen LogP contribution in [0.5, 0.6) is 5.88 Å². The van der Waals surface area contributed by atoms with Gasteiger partial charge in [0, 0.05) is 0 Å². The minimum absolute atomic E-state index is 0.113. The van der Waals surface area contributed by atoms with Gasteiger partial charge in [-0.1, -0.05) is 30.3 Å². The number of ether oxygens (including phenoxy) is 1. The van der Waals surface area contributed by atoms with Crippen molar-refractivity contribution in [3.63, 3.8) is 0 Å². The highest BCUT2D eigenvalue weighted by Gasteiger charge is 2.35. The van der Waals surface area contributed by atoms with Crippen molar-refractivity contribution in [1.82, 2.24) is 10.2 Å². The van der Waals surface area contributed by atoms with Crippen LogP contribution in [0, 0.1) is 11.3 Å². The first-order valence-electron chi connectivity index (χ1n) is 7.03. The monoisotopic (exact) mass is 320 g/mol. The molecule has 0 spiro atoms. The molecule has 112 valence electrons. The highest BCUT2D eigenvalue weighted by Crippen LogP contribution is 2.45. The first-order valence-corrected chi connectivity index (χ1v) is 7.97. The number of hydrogen-bond acceptors (Lipinski definition) is 5. The molecule has 5 nitrogen and oxygen atoms in total. The maximum atomic E-state index is 9.56. The predicted molar refractivity (Wildman–Crippen MR) is 87.6 cm³/mol. The first kappa shape index (κ1) is 13.6. The fraction of sp³-hybridized carbons (Fsp3) is 0.0588. The Balaban J connectivity index is 1.96. The molecule has 0 fully saturated rings.